The van der Waals surface area contributed by atoms with Crippen molar-refractivity contribution in [2.45, 2.75) is 46.7 Å². The van der Waals surface area contributed by atoms with Crippen LogP contribution in [0.2, 0.25) is 0 Å². The van der Waals surface area contributed by atoms with Gasteiger partial charge in [0.05, 0.1) is 6.54 Å². The second kappa shape index (κ2) is 6.05. The Morgan fingerprint density at radius 3 is 2.39 bits per heavy atom. The first-order chi connectivity index (χ1) is 8.35. The van der Waals surface area contributed by atoms with Crippen molar-refractivity contribution in [1.82, 2.24) is 10.2 Å². The van der Waals surface area contributed by atoms with Gasteiger partial charge in [-0.15, -0.1) is 0 Å². The molecule has 18 heavy (non-hydrogen) atoms. The predicted molar refractivity (Wildman–Crippen MR) is 72.6 cm³/mol. The smallest absolute Gasteiger partial charge is 0.287 e. The van der Waals surface area contributed by atoms with Crippen molar-refractivity contribution < 1.29 is 9.21 Å². The summed E-state index contributed by atoms with van der Waals surface area (Å²) in [5.41, 5.74) is -0.247. The predicted octanol–water partition coefficient (Wildman–Crippen LogP) is 2.65. The van der Waals surface area contributed by atoms with Gasteiger partial charge in [-0.05, 0) is 46.0 Å². The van der Waals surface area contributed by atoms with E-state index in [4.69, 9.17) is 4.42 Å². The number of carbonyl (C=O) groups is 1. The van der Waals surface area contributed by atoms with Gasteiger partial charge in [-0.1, -0.05) is 13.8 Å². The van der Waals surface area contributed by atoms with E-state index in [0.717, 1.165) is 25.4 Å². The van der Waals surface area contributed by atoms with E-state index >= 15 is 0 Å². The second-order valence-corrected chi connectivity index (χ2v) is 5.43. The second-order valence-electron chi connectivity index (χ2n) is 5.43. The SMILES string of the molecule is CCN(CC)Cc1ccc(C(=O)NC(C)(C)C)o1. The lowest BCUT2D eigenvalue weighted by atomic mass is 10.1. The molecule has 0 aromatic carbocycles. The zero-order chi connectivity index (χ0) is 13.8. The average molecular weight is 252 g/mol. The van der Waals surface area contributed by atoms with Crippen LogP contribution in [0.3, 0.4) is 0 Å². The number of furan rings is 1. The highest BCUT2D eigenvalue weighted by molar-refractivity contribution is 5.91. The van der Waals surface area contributed by atoms with Crippen LogP contribution in [0.5, 0.6) is 0 Å². The normalized spacial score (nSPS) is 11.9. The third kappa shape index (κ3) is 4.53. The minimum atomic E-state index is -0.247. The lowest BCUT2D eigenvalue weighted by molar-refractivity contribution is 0.0887. The standard InChI is InChI=1S/C14H24N2O2/c1-6-16(7-2)10-11-8-9-12(18-11)13(17)15-14(3,4)5/h8-9H,6-7,10H2,1-5H3,(H,15,17). The molecule has 0 radical (unpaired) electrons. The molecule has 0 fully saturated rings. The van der Waals surface area contributed by atoms with E-state index in [1.165, 1.54) is 0 Å². The van der Waals surface area contributed by atoms with Crippen molar-refractivity contribution in [2.24, 2.45) is 0 Å². The molecule has 4 nitrogen and oxygen atoms in total. The summed E-state index contributed by atoms with van der Waals surface area (Å²) in [5.74, 6) is 1.05. The summed E-state index contributed by atoms with van der Waals surface area (Å²) in [4.78, 5) is 14.1. The Hall–Kier alpha value is -1.29. The molecule has 0 aliphatic heterocycles. The fourth-order valence-electron chi connectivity index (χ4n) is 1.65. The maximum absolute atomic E-state index is 11.9. The fraction of sp³-hybridized carbons (Fsp3) is 0.643. The topological polar surface area (TPSA) is 45.5 Å². The lowest BCUT2D eigenvalue weighted by Gasteiger charge is -2.19. The highest BCUT2D eigenvalue weighted by Gasteiger charge is 2.18. The van der Waals surface area contributed by atoms with Gasteiger partial charge in [-0.25, -0.2) is 0 Å². The number of rotatable bonds is 5. The number of amides is 1. The first-order valence-electron chi connectivity index (χ1n) is 6.49. The van der Waals surface area contributed by atoms with Gasteiger partial charge in [-0.3, -0.25) is 9.69 Å². The highest BCUT2D eigenvalue weighted by Crippen LogP contribution is 2.12. The maximum atomic E-state index is 11.9. The van der Waals surface area contributed by atoms with E-state index in [2.05, 4.69) is 24.1 Å². The molecule has 0 saturated carbocycles. The Morgan fingerprint density at radius 2 is 1.89 bits per heavy atom. The highest BCUT2D eigenvalue weighted by atomic mass is 16.4. The molecule has 0 unspecified atom stereocenters. The van der Waals surface area contributed by atoms with E-state index < -0.39 is 0 Å². The summed E-state index contributed by atoms with van der Waals surface area (Å²) in [6.45, 7) is 12.8. The monoisotopic (exact) mass is 252 g/mol. The zero-order valence-corrected chi connectivity index (χ0v) is 12.0. The molecule has 0 bridgehead atoms. The van der Waals surface area contributed by atoms with Gasteiger partial charge in [0.2, 0.25) is 0 Å². The maximum Gasteiger partial charge on any atom is 0.287 e. The molecule has 1 aromatic heterocycles. The summed E-state index contributed by atoms with van der Waals surface area (Å²) in [6.07, 6.45) is 0. The Labute approximate surface area is 109 Å². The third-order valence-corrected chi connectivity index (χ3v) is 2.65. The van der Waals surface area contributed by atoms with Gasteiger partial charge in [0.25, 0.3) is 5.91 Å². The molecule has 1 amide bonds. The molecule has 1 heterocycles. The summed E-state index contributed by atoms with van der Waals surface area (Å²) >= 11 is 0. The minimum absolute atomic E-state index is 0.159. The molecular formula is C14H24N2O2. The largest absolute Gasteiger partial charge is 0.455 e. The Kier molecular flexibility index (Phi) is 4.96. The van der Waals surface area contributed by atoms with Crippen molar-refractivity contribution in [2.75, 3.05) is 13.1 Å². The molecule has 1 rings (SSSR count). The lowest BCUT2D eigenvalue weighted by Crippen LogP contribution is -2.40. The van der Waals surface area contributed by atoms with Gasteiger partial charge < -0.3 is 9.73 Å². The third-order valence-electron chi connectivity index (χ3n) is 2.65. The molecule has 0 aliphatic carbocycles. The summed E-state index contributed by atoms with van der Waals surface area (Å²) in [7, 11) is 0. The number of hydrogen-bond donors (Lipinski definition) is 1. The van der Waals surface area contributed by atoms with E-state index in [1.54, 1.807) is 6.07 Å². The van der Waals surface area contributed by atoms with E-state index in [0.29, 0.717) is 5.76 Å². The van der Waals surface area contributed by atoms with Crippen LogP contribution in [0.15, 0.2) is 16.5 Å². The van der Waals surface area contributed by atoms with Crippen LogP contribution in [-0.2, 0) is 6.54 Å². The molecular weight excluding hydrogens is 228 g/mol. The molecule has 0 spiro atoms. The molecule has 0 atom stereocenters. The molecule has 0 saturated heterocycles. The number of hydrogen-bond acceptors (Lipinski definition) is 3. The van der Waals surface area contributed by atoms with Gasteiger partial charge >= 0.3 is 0 Å². The van der Waals surface area contributed by atoms with E-state index in [-0.39, 0.29) is 11.4 Å². The minimum Gasteiger partial charge on any atom is -0.455 e. The van der Waals surface area contributed by atoms with Crippen LogP contribution in [0.4, 0.5) is 0 Å². The Morgan fingerprint density at radius 1 is 1.28 bits per heavy atom. The van der Waals surface area contributed by atoms with Crippen molar-refractivity contribution in [3.63, 3.8) is 0 Å². The average Bonchev–Trinajstić information content (AvgIpc) is 2.72. The van der Waals surface area contributed by atoms with Gasteiger partial charge in [0.15, 0.2) is 5.76 Å². The van der Waals surface area contributed by atoms with Crippen LogP contribution < -0.4 is 5.32 Å². The number of nitrogens with one attached hydrogen (secondary N) is 1. The van der Waals surface area contributed by atoms with Crippen LogP contribution in [0.25, 0.3) is 0 Å². The van der Waals surface area contributed by atoms with Gasteiger partial charge in [0.1, 0.15) is 5.76 Å². The first kappa shape index (κ1) is 14.8. The first-order valence-corrected chi connectivity index (χ1v) is 6.49. The van der Waals surface area contributed by atoms with Crippen molar-refractivity contribution >= 4 is 5.91 Å². The zero-order valence-electron chi connectivity index (χ0n) is 12.0. The fourth-order valence-corrected chi connectivity index (χ4v) is 1.65. The van der Waals surface area contributed by atoms with Gasteiger partial charge in [-0.2, -0.15) is 0 Å². The van der Waals surface area contributed by atoms with Crippen molar-refractivity contribution in [3.8, 4) is 0 Å². The van der Waals surface area contributed by atoms with Crippen LogP contribution in [0, 0.1) is 0 Å². The molecule has 1 N–H and O–H groups in total. The van der Waals surface area contributed by atoms with E-state index in [9.17, 15) is 4.79 Å². The van der Waals surface area contributed by atoms with Crippen LogP contribution in [0.1, 0.15) is 50.9 Å². The number of nitrogens with zero attached hydrogens (tertiary/aromatic N) is 1. The van der Waals surface area contributed by atoms with Gasteiger partial charge in [0, 0.05) is 5.54 Å². The van der Waals surface area contributed by atoms with Crippen molar-refractivity contribution in [3.05, 3.63) is 23.7 Å². The Bertz CT molecular complexity index is 387. The van der Waals surface area contributed by atoms with Crippen LogP contribution >= 0.6 is 0 Å². The summed E-state index contributed by atoms with van der Waals surface area (Å²) < 4.78 is 5.57. The van der Waals surface area contributed by atoms with Crippen molar-refractivity contribution in [1.29, 1.82) is 0 Å². The summed E-state index contributed by atoms with van der Waals surface area (Å²) in [5, 5.41) is 2.88. The summed E-state index contributed by atoms with van der Waals surface area (Å²) in [6, 6.07) is 3.61. The van der Waals surface area contributed by atoms with Crippen LogP contribution in [-0.4, -0.2) is 29.4 Å². The molecule has 1 aromatic rings. The molecule has 102 valence electrons. The molecule has 4 heteroatoms. The Balaban J connectivity index is 2.65. The quantitative estimate of drug-likeness (QED) is 0.876. The van der Waals surface area contributed by atoms with E-state index in [1.807, 2.05) is 26.8 Å². The number of carbonyl (C=O) groups excluding carboxylic acids is 1. The molecule has 0 aliphatic rings.